The number of para-hydroxylation sites is 2. The molecule has 6 nitrogen and oxygen atoms in total. The number of carbonyl (C=O) groups is 1. The van der Waals surface area contributed by atoms with Gasteiger partial charge in [-0.25, -0.2) is 9.78 Å². The molecule has 2 saturated heterocycles. The van der Waals surface area contributed by atoms with Crippen LogP contribution < -0.4 is 0 Å². The van der Waals surface area contributed by atoms with E-state index < -0.39 is 0 Å². The Morgan fingerprint density at radius 3 is 2.78 bits per heavy atom. The molecule has 6 heteroatoms. The summed E-state index contributed by atoms with van der Waals surface area (Å²) in [4.78, 5) is 21.6. The van der Waals surface area contributed by atoms with Crippen molar-refractivity contribution < 1.29 is 9.53 Å². The lowest BCUT2D eigenvalue weighted by atomic mass is 10.2. The second-order valence-electron chi connectivity index (χ2n) is 6.25. The van der Waals surface area contributed by atoms with Crippen LogP contribution in [0.2, 0.25) is 0 Å². The number of nitrogens with zero attached hydrogens (tertiary/aromatic N) is 4. The number of likely N-dealkylation sites (tertiary alicyclic amines) is 1. The average Bonchev–Trinajstić information content (AvgIpc) is 3.20. The highest BCUT2D eigenvalue weighted by Gasteiger charge is 2.35. The van der Waals surface area contributed by atoms with Gasteiger partial charge in [0.15, 0.2) is 0 Å². The molecule has 2 fully saturated rings. The molecule has 1 aromatic heterocycles. The van der Waals surface area contributed by atoms with Gasteiger partial charge in [0.25, 0.3) is 0 Å². The van der Waals surface area contributed by atoms with Crippen LogP contribution in [0.25, 0.3) is 11.0 Å². The van der Waals surface area contributed by atoms with Gasteiger partial charge in [-0.15, -0.1) is 0 Å². The molecule has 2 aromatic rings. The smallest absolute Gasteiger partial charge is 0.320 e. The molecular weight excluding hydrogens is 292 g/mol. The Kier molecular flexibility index (Phi) is 3.69. The van der Waals surface area contributed by atoms with Gasteiger partial charge in [0.2, 0.25) is 0 Å². The van der Waals surface area contributed by atoms with E-state index in [4.69, 9.17) is 9.72 Å². The van der Waals surface area contributed by atoms with Crippen molar-refractivity contribution in [2.24, 2.45) is 7.05 Å². The van der Waals surface area contributed by atoms with Crippen LogP contribution in [0.5, 0.6) is 0 Å². The topological polar surface area (TPSA) is 50.6 Å². The molecular formula is C17H22N4O2. The van der Waals surface area contributed by atoms with Crippen LogP contribution in [-0.4, -0.2) is 58.2 Å². The minimum absolute atomic E-state index is 0.0720. The van der Waals surface area contributed by atoms with E-state index in [1.165, 1.54) is 0 Å². The van der Waals surface area contributed by atoms with Crippen LogP contribution in [-0.2, 0) is 11.8 Å². The maximum atomic E-state index is 12.9. The lowest BCUT2D eigenvalue weighted by molar-refractivity contribution is 0.0418. The number of fused-ring (bicyclic) bond motifs is 1. The first-order chi connectivity index (χ1) is 11.3. The number of aryl methyl sites for hydroxylation is 1. The quantitative estimate of drug-likeness (QED) is 0.810. The Labute approximate surface area is 135 Å². The van der Waals surface area contributed by atoms with Gasteiger partial charge in [0.05, 0.1) is 30.3 Å². The minimum atomic E-state index is 0.0720. The molecule has 0 aliphatic carbocycles. The third-order valence-electron chi connectivity index (χ3n) is 4.90. The number of imidazole rings is 1. The molecule has 0 unspecified atom stereocenters. The van der Waals surface area contributed by atoms with E-state index in [2.05, 4.69) is 10.6 Å². The number of ether oxygens (including phenoxy) is 1. The summed E-state index contributed by atoms with van der Waals surface area (Å²) in [5.74, 6) is 0.991. The summed E-state index contributed by atoms with van der Waals surface area (Å²) in [6.45, 7) is 3.45. The van der Waals surface area contributed by atoms with E-state index in [9.17, 15) is 4.79 Å². The Bertz CT molecular complexity index is 720. The Balaban J connectivity index is 1.63. The van der Waals surface area contributed by atoms with Crippen molar-refractivity contribution in [2.45, 2.75) is 18.9 Å². The molecule has 0 N–H and O–H groups in total. The molecule has 2 amide bonds. The molecule has 0 saturated carbocycles. The second kappa shape index (κ2) is 5.85. The third-order valence-corrected chi connectivity index (χ3v) is 4.90. The van der Waals surface area contributed by atoms with Gasteiger partial charge < -0.3 is 19.1 Å². The zero-order valence-electron chi connectivity index (χ0n) is 13.4. The van der Waals surface area contributed by atoms with E-state index in [0.29, 0.717) is 26.3 Å². The van der Waals surface area contributed by atoms with Crippen LogP contribution in [0.4, 0.5) is 4.79 Å². The van der Waals surface area contributed by atoms with E-state index in [-0.39, 0.29) is 12.1 Å². The molecule has 0 bridgehead atoms. The van der Waals surface area contributed by atoms with Gasteiger partial charge in [-0.05, 0) is 25.0 Å². The highest BCUT2D eigenvalue weighted by Crippen LogP contribution is 2.33. The Morgan fingerprint density at radius 1 is 1.22 bits per heavy atom. The third kappa shape index (κ3) is 2.47. The summed E-state index contributed by atoms with van der Waals surface area (Å²) in [6.07, 6.45) is 2.01. The SMILES string of the molecule is Cn1c([C@H]2CCCN2C(=O)N2CCOCC2)nc2ccccc21. The largest absolute Gasteiger partial charge is 0.378 e. The van der Waals surface area contributed by atoms with Crippen molar-refractivity contribution in [1.29, 1.82) is 0 Å². The Morgan fingerprint density at radius 2 is 2.00 bits per heavy atom. The highest BCUT2D eigenvalue weighted by atomic mass is 16.5. The van der Waals surface area contributed by atoms with E-state index in [1.54, 1.807) is 0 Å². The van der Waals surface area contributed by atoms with Gasteiger partial charge in [0, 0.05) is 26.7 Å². The monoisotopic (exact) mass is 314 g/mol. The maximum absolute atomic E-state index is 12.9. The molecule has 23 heavy (non-hydrogen) atoms. The number of urea groups is 1. The number of rotatable bonds is 1. The molecule has 122 valence electrons. The first-order valence-corrected chi connectivity index (χ1v) is 8.30. The van der Waals surface area contributed by atoms with Crippen LogP contribution in [0, 0.1) is 0 Å². The molecule has 3 heterocycles. The van der Waals surface area contributed by atoms with Crippen LogP contribution >= 0.6 is 0 Å². The first kappa shape index (κ1) is 14.5. The summed E-state index contributed by atoms with van der Waals surface area (Å²) in [7, 11) is 2.04. The van der Waals surface area contributed by atoms with Gasteiger partial charge in [0.1, 0.15) is 5.82 Å². The van der Waals surface area contributed by atoms with Crippen molar-refractivity contribution in [3.63, 3.8) is 0 Å². The fraction of sp³-hybridized carbons (Fsp3) is 0.529. The molecule has 4 rings (SSSR count). The van der Waals surface area contributed by atoms with Crippen molar-refractivity contribution in [3.05, 3.63) is 30.1 Å². The average molecular weight is 314 g/mol. The van der Waals surface area contributed by atoms with Gasteiger partial charge in [-0.1, -0.05) is 12.1 Å². The predicted octanol–water partition coefficient (Wildman–Crippen LogP) is 2.16. The van der Waals surface area contributed by atoms with Gasteiger partial charge in [-0.2, -0.15) is 0 Å². The predicted molar refractivity (Wildman–Crippen MR) is 87.2 cm³/mol. The summed E-state index contributed by atoms with van der Waals surface area (Å²) in [5.41, 5.74) is 2.11. The summed E-state index contributed by atoms with van der Waals surface area (Å²) in [5, 5.41) is 0. The summed E-state index contributed by atoms with van der Waals surface area (Å²) < 4.78 is 7.48. The van der Waals surface area contributed by atoms with Crippen molar-refractivity contribution in [2.75, 3.05) is 32.8 Å². The number of hydrogen-bond donors (Lipinski definition) is 0. The Hall–Kier alpha value is -2.08. The van der Waals surface area contributed by atoms with E-state index in [1.807, 2.05) is 35.0 Å². The standard InChI is InChI=1S/C17H22N4O2/c1-19-14-6-3-2-5-13(14)18-16(19)15-7-4-8-21(15)17(22)20-9-11-23-12-10-20/h2-3,5-6,15H,4,7-12H2,1H3/t15-/m1/s1. The van der Waals surface area contributed by atoms with Crippen LogP contribution in [0.15, 0.2) is 24.3 Å². The number of carbonyl (C=O) groups excluding carboxylic acids is 1. The highest BCUT2D eigenvalue weighted by molar-refractivity contribution is 5.77. The van der Waals surface area contributed by atoms with Crippen molar-refractivity contribution in [3.8, 4) is 0 Å². The van der Waals surface area contributed by atoms with Crippen molar-refractivity contribution >= 4 is 17.1 Å². The number of aromatic nitrogens is 2. The molecule has 0 radical (unpaired) electrons. The molecule has 2 aliphatic heterocycles. The van der Waals surface area contributed by atoms with Gasteiger partial charge in [-0.3, -0.25) is 0 Å². The molecule has 1 aromatic carbocycles. The van der Waals surface area contributed by atoms with Crippen molar-refractivity contribution in [1.82, 2.24) is 19.4 Å². The number of amides is 2. The maximum Gasteiger partial charge on any atom is 0.320 e. The fourth-order valence-corrected chi connectivity index (χ4v) is 3.66. The van der Waals surface area contributed by atoms with Crippen LogP contribution in [0.3, 0.4) is 0 Å². The van der Waals surface area contributed by atoms with Crippen LogP contribution in [0.1, 0.15) is 24.7 Å². The number of morpholine rings is 1. The van der Waals surface area contributed by atoms with Gasteiger partial charge >= 0.3 is 6.03 Å². The molecule has 2 aliphatic rings. The molecule has 1 atom stereocenters. The normalized spacial score (nSPS) is 22.0. The van der Waals surface area contributed by atoms with E-state index >= 15 is 0 Å². The zero-order chi connectivity index (χ0) is 15.8. The number of benzene rings is 1. The summed E-state index contributed by atoms with van der Waals surface area (Å²) in [6, 6.07) is 8.34. The fourth-order valence-electron chi connectivity index (χ4n) is 3.66. The second-order valence-corrected chi connectivity index (χ2v) is 6.25. The van der Waals surface area contributed by atoms with E-state index in [0.717, 1.165) is 36.2 Å². The summed E-state index contributed by atoms with van der Waals surface area (Å²) >= 11 is 0. The number of hydrogen-bond acceptors (Lipinski definition) is 3. The lowest BCUT2D eigenvalue weighted by Gasteiger charge is -2.33. The molecule has 0 spiro atoms. The lowest BCUT2D eigenvalue weighted by Crippen LogP contribution is -2.48. The zero-order valence-corrected chi connectivity index (χ0v) is 13.4. The first-order valence-electron chi connectivity index (χ1n) is 8.30. The minimum Gasteiger partial charge on any atom is -0.378 e.